The summed E-state index contributed by atoms with van der Waals surface area (Å²) in [6.07, 6.45) is 9.18. The van der Waals surface area contributed by atoms with Crippen LogP contribution in [0.2, 0.25) is 0 Å². The van der Waals surface area contributed by atoms with Crippen LogP contribution in [-0.2, 0) is 11.3 Å². The molecule has 0 radical (unpaired) electrons. The molecule has 1 aromatic rings. The van der Waals surface area contributed by atoms with E-state index in [1.54, 1.807) is 12.7 Å². The van der Waals surface area contributed by atoms with Crippen molar-refractivity contribution in [2.45, 2.75) is 44.8 Å². The van der Waals surface area contributed by atoms with Crippen LogP contribution in [0.4, 0.5) is 0 Å². The van der Waals surface area contributed by atoms with Gasteiger partial charge in [-0.2, -0.15) is 0 Å². The Morgan fingerprint density at radius 3 is 2.90 bits per heavy atom. The van der Waals surface area contributed by atoms with Gasteiger partial charge in [-0.15, -0.1) is 0 Å². The number of nitrogens with zero attached hydrogens (tertiary/aromatic N) is 1. The van der Waals surface area contributed by atoms with Gasteiger partial charge in [-0.05, 0) is 56.0 Å². The van der Waals surface area contributed by atoms with Crippen molar-refractivity contribution in [2.75, 3.05) is 20.2 Å². The zero-order valence-electron chi connectivity index (χ0n) is 12.5. The first-order valence-electron chi connectivity index (χ1n) is 7.89. The predicted octanol–water partition coefficient (Wildman–Crippen LogP) is 3.86. The van der Waals surface area contributed by atoms with Gasteiger partial charge >= 0.3 is 0 Å². The summed E-state index contributed by atoms with van der Waals surface area (Å²) >= 11 is 0. The van der Waals surface area contributed by atoms with Crippen LogP contribution in [-0.4, -0.2) is 31.1 Å². The Labute approximate surface area is 122 Å². The van der Waals surface area contributed by atoms with E-state index in [9.17, 15) is 0 Å². The fraction of sp³-hybridized carbons (Fsp3) is 0.556. The molecule has 2 nitrogen and oxygen atoms in total. The maximum Gasteiger partial charge on any atom is 0.0713 e. The molecule has 0 aromatic heterocycles. The van der Waals surface area contributed by atoms with E-state index in [1.807, 2.05) is 0 Å². The molecule has 20 heavy (non-hydrogen) atoms. The van der Waals surface area contributed by atoms with Crippen LogP contribution < -0.4 is 0 Å². The molecule has 1 saturated carbocycles. The number of ether oxygens (including phenoxy) is 1. The second-order valence-corrected chi connectivity index (χ2v) is 6.05. The summed E-state index contributed by atoms with van der Waals surface area (Å²) in [4.78, 5) is 2.66. The van der Waals surface area contributed by atoms with Crippen LogP contribution in [0, 0.1) is 0 Å². The Balaban J connectivity index is 1.79. The van der Waals surface area contributed by atoms with Gasteiger partial charge in [-0.3, -0.25) is 4.90 Å². The molecule has 0 spiro atoms. The Morgan fingerprint density at radius 2 is 2.15 bits per heavy atom. The van der Waals surface area contributed by atoms with Crippen LogP contribution in [0.25, 0.3) is 6.08 Å². The standard InChI is InChI=1S/C18H25NO/c1-20-14-16-7-4-6-15(12-16)13-17-8-2-3-9-18(17)19-10-5-11-19/h4,6-7,12-13,18H,2-3,5,8-11,14H2,1H3/b17-13-. The fourth-order valence-corrected chi connectivity index (χ4v) is 3.41. The van der Waals surface area contributed by atoms with Crippen LogP contribution >= 0.6 is 0 Å². The molecular formula is C18H25NO. The highest BCUT2D eigenvalue weighted by atomic mass is 16.5. The largest absolute Gasteiger partial charge is 0.380 e. The summed E-state index contributed by atoms with van der Waals surface area (Å²) in [7, 11) is 1.76. The third kappa shape index (κ3) is 3.13. The van der Waals surface area contributed by atoms with Gasteiger partial charge in [0.1, 0.15) is 0 Å². The Bertz CT molecular complexity index is 476. The lowest BCUT2D eigenvalue weighted by atomic mass is 9.86. The smallest absolute Gasteiger partial charge is 0.0713 e. The molecule has 0 bridgehead atoms. The molecule has 108 valence electrons. The number of rotatable bonds is 4. The molecular weight excluding hydrogens is 246 g/mol. The van der Waals surface area contributed by atoms with E-state index in [1.165, 1.54) is 56.3 Å². The minimum absolute atomic E-state index is 0.701. The highest BCUT2D eigenvalue weighted by Gasteiger charge is 2.28. The molecule has 2 heteroatoms. The minimum Gasteiger partial charge on any atom is -0.380 e. The topological polar surface area (TPSA) is 12.5 Å². The highest BCUT2D eigenvalue weighted by Crippen LogP contribution is 2.32. The van der Waals surface area contributed by atoms with Crippen molar-refractivity contribution in [3.63, 3.8) is 0 Å². The maximum atomic E-state index is 5.23. The minimum atomic E-state index is 0.701. The number of hydrogen-bond donors (Lipinski definition) is 0. The third-order valence-electron chi connectivity index (χ3n) is 4.57. The molecule has 2 fully saturated rings. The Morgan fingerprint density at radius 1 is 1.25 bits per heavy atom. The van der Waals surface area contributed by atoms with E-state index in [4.69, 9.17) is 4.74 Å². The van der Waals surface area contributed by atoms with Crippen LogP contribution in [0.1, 0.15) is 43.2 Å². The van der Waals surface area contributed by atoms with Gasteiger partial charge in [0, 0.05) is 13.2 Å². The number of likely N-dealkylation sites (tertiary alicyclic amines) is 1. The summed E-state index contributed by atoms with van der Waals surface area (Å²) in [6.45, 7) is 3.30. The van der Waals surface area contributed by atoms with E-state index in [-0.39, 0.29) is 0 Å². The first-order valence-corrected chi connectivity index (χ1v) is 7.89. The van der Waals surface area contributed by atoms with Crippen molar-refractivity contribution in [3.8, 4) is 0 Å². The molecule has 0 amide bonds. The van der Waals surface area contributed by atoms with E-state index < -0.39 is 0 Å². The number of methoxy groups -OCH3 is 1. The average molecular weight is 271 g/mol. The van der Waals surface area contributed by atoms with Gasteiger partial charge in [-0.1, -0.05) is 36.3 Å². The monoisotopic (exact) mass is 271 g/mol. The Kier molecular flexibility index (Phi) is 4.54. The van der Waals surface area contributed by atoms with Gasteiger partial charge < -0.3 is 4.74 Å². The van der Waals surface area contributed by atoms with Crippen LogP contribution in [0.5, 0.6) is 0 Å². The summed E-state index contributed by atoms with van der Waals surface area (Å²) < 4.78 is 5.23. The van der Waals surface area contributed by atoms with Crippen molar-refractivity contribution >= 4 is 6.08 Å². The highest BCUT2D eigenvalue weighted by molar-refractivity contribution is 5.55. The molecule has 1 aliphatic heterocycles. The molecule has 2 aliphatic rings. The molecule has 1 heterocycles. The molecule has 1 atom stereocenters. The van der Waals surface area contributed by atoms with Crippen molar-refractivity contribution in [1.82, 2.24) is 4.90 Å². The van der Waals surface area contributed by atoms with Crippen LogP contribution in [0.15, 0.2) is 29.8 Å². The normalized spacial score (nSPS) is 25.6. The van der Waals surface area contributed by atoms with Crippen molar-refractivity contribution in [2.24, 2.45) is 0 Å². The lowest BCUT2D eigenvalue weighted by Crippen LogP contribution is -2.46. The second kappa shape index (κ2) is 6.55. The van der Waals surface area contributed by atoms with E-state index >= 15 is 0 Å². The fourth-order valence-electron chi connectivity index (χ4n) is 3.41. The van der Waals surface area contributed by atoms with E-state index in [0.29, 0.717) is 12.6 Å². The van der Waals surface area contributed by atoms with Gasteiger partial charge in [-0.25, -0.2) is 0 Å². The molecule has 1 aromatic carbocycles. The quantitative estimate of drug-likeness (QED) is 0.824. The SMILES string of the molecule is COCc1cccc(/C=C2/CCCCC2N2CCC2)c1. The average Bonchev–Trinajstić information content (AvgIpc) is 2.40. The third-order valence-corrected chi connectivity index (χ3v) is 4.57. The summed E-state index contributed by atoms with van der Waals surface area (Å²) in [5, 5.41) is 0. The molecule has 0 N–H and O–H groups in total. The number of hydrogen-bond acceptors (Lipinski definition) is 2. The van der Waals surface area contributed by atoms with Gasteiger partial charge in [0.2, 0.25) is 0 Å². The summed E-state index contributed by atoms with van der Waals surface area (Å²) in [5.41, 5.74) is 4.24. The van der Waals surface area contributed by atoms with Crippen LogP contribution in [0.3, 0.4) is 0 Å². The summed E-state index contributed by atoms with van der Waals surface area (Å²) in [6, 6.07) is 9.47. The van der Waals surface area contributed by atoms with Crippen molar-refractivity contribution < 1.29 is 4.74 Å². The molecule has 1 saturated heterocycles. The van der Waals surface area contributed by atoms with E-state index in [0.717, 1.165) is 0 Å². The van der Waals surface area contributed by atoms with Crippen molar-refractivity contribution in [3.05, 3.63) is 41.0 Å². The zero-order chi connectivity index (χ0) is 13.8. The zero-order valence-corrected chi connectivity index (χ0v) is 12.5. The predicted molar refractivity (Wildman–Crippen MR) is 83.6 cm³/mol. The number of benzene rings is 1. The van der Waals surface area contributed by atoms with E-state index in [2.05, 4.69) is 35.2 Å². The van der Waals surface area contributed by atoms with Crippen molar-refractivity contribution in [1.29, 1.82) is 0 Å². The maximum absolute atomic E-state index is 5.23. The molecule has 1 aliphatic carbocycles. The lowest BCUT2D eigenvalue weighted by Gasteiger charge is -2.42. The van der Waals surface area contributed by atoms with Gasteiger partial charge in [0.05, 0.1) is 6.61 Å². The Hall–Kier alpha value is -1.12. The van der Waals surface area contributed by atoms with Gasteiger partial charge in [0.25, 0.3) is 0 Å². The first kappa shape index (κ1) is 13.8. The lowest BCUT2D eigenvalue weighted by molar-refractivity contribution is 0.121. The summed E-state index contributed by atoms with van der Waals surface area (Å²) in [5.74, 6) is 0. The first-order chi connectivity index (χ1) is 9.86. The van der Waals surface area contributed by atoms with Gasteiger partial charge in [0.15, 0.2) is 0 Å². The molecule has 1 unspecified atom stereocenters. The molecule has 3 rings (SSSR count). The second-order valence-electron chi connectivity index (χ2n) is 6.05.